The number of aromatic nitrogens is 1. The van der Waals surface area contributed by atoms with Gasteiger partial charge in [0, 0.05) is 18.2 Å². The maximum absolute atomic E-state index is 12.5. The maximum Gasteiger partial charge on any atom is 0.228 e. The second-order valence-electron chi connectivity index (χ2n) is 7.94. The van der Waals surface area contributed by atoms with Gasteiger partial charge in [0.2, 0.25) is 5.91 Å². The average molecular weight is 381 g/mol. The molecule has 0 aliphatic carbocycles. The summed E-state index contributed by atoms with van der Waals surface area (Å²) in [7, 11) is 2.09. The van der Waals surface area contributed by atoms with Crippen LogP contribution in [0.3, 0.4) is 0 Å². The van der Waals surface area contributed by atoms with E-state index in [2.05, 4.69) is 29.2 Å². The van der Waals surface area contributed by atoms with Crippen LogP contribution >= 0.6 is 0 Å². The Kier molecular flexibility index (Phi) is 5.48. The molecule has 1 unspecified atom stereocenters. The predicted molar refractivity (Wildman–Crippen MR) is 108 cm³/mol. The molecule has 4 rings (SSSR count). The van der Waals surface area contributed by atoms with Crippen LogP contribution in [-0.2, 0) is 11.2 Å². The van der Waals surface area contributed by atoms with Gasteiger partial charge in [-0.15, -0.1) is 0 Å². The van der Waals surface area contributed by atoms with Crippen LogP contribution in [0.2, 0.25) is 0 Å². The molecule has 1 saturated heterocycles. The molecular weight excluding hydrogens is 354 g/mol. The fourth-order valence-electron chi connectivity index (χ4n) is 3.76. The van der Waals surface area contributed by atoms with Crippen LogP contribution in [0.15, 0.2) is 36.5 Å². The molecule has 2 aliphatic heterocycles. The van der Waals surface area contributed by atoms with Crippen LogP contribution in [0.5, 0.6) is 17.2 Å². The van der Waals surface area contributed by atoms with Crippen molar-refractivity contribution in [2.24, 2.45) is 11.8 Å². The number of hydrogen-bond donors (Lipinski definition) is 1. The minimum absolute atomic E-state index is 0.0395. The smallest absolute Gasteiger partial charge is 0.228 e. The number of pyridine rings is 1. The van der Waals surface area contributed by atoms with Crippen molar-refractivity contribution in [1.82, 2.24) is 9.88 Å². The quantitative estimate of drug-likeness (QED) is 0.874. The van der Waals surface area contributed by atoms with E-state index in [0.717, 1.165) is 50.5 Å². The molecule has 1 amide bonds. The van der Waals surface area contributed by atoms with Crippen LogP contribution in [0.25, 0.3) is 0 Å². The number of nitrogens with one attached hydrogen (secondary N) is 1. The summed E-state index contributed by atoms with van der Waals surface area (Å²) < 4.78 is 11.8. The monoisotopic (exact) mass is 381 g/mol. The van der Waals surface area contributed by atoms with Crippen molar-refractivity contribution < 1.29 is 14.3 Å². The SMILES string of the molecule is CC1COc2ccc(Oc3ccnc(NC(=O)C4CCN(C)CC4)c3)cc2C1. The van der Waals surface area contributed by atoms with E-state index in [9.17, 15) is 4.79 Å². The van der Waals surface area contributed by atoms with Crippen LogP contribution in [0.4, 0.5) is 5.82 Å². The summed E-state index contributed by atoms with van der Waals surface area (Å²) in [5, 5.41) is 2.94. The summed E-state index contributed by atoms with van der Waals surface area (Å²) in [4.78, 5) is 19.0. The van der Waals surface area contributed by atoms with Crippen molar-refractivity contribution in [2.45, 2.75) is 26.2 Å². The van der Waals surface area contributed by atoms with Crippen LogP contribution < -0.4 is 14.8 Å². The van der Waals surface area contributed by atoms with Crippen molar-refractivity contribution in [2.75, 3.05) is 32.1 Å². The average Bonchev–Trinajstić information content (AvgIpc) is 2.68. The summed E-state index contributed by atoms with van der Waals surface area (Å²) in [6.07, 6.45) is 4.41. The minimum atomic E-state index is 0.0395. The summed E-state index contributed by atoms with van der Waals surface area (Å²) in [6.45, 7) is 4.85. The van der Waals surface area contributed by atoms with Gasteiger partial charge in [0.05, 0.1) is 6.61 Å². The Morgan fingerprint density at radius 1 is 1.21 bits per heavy atom. The van der Waals surface area contributed by atoms with Crippen LogP contribution in [-0.4, -0.2) is 42.5 Å². The lowest BCUT2D eigenvalue weighted by Gasteiger charge is -2.27. The molecule has 1 atom stereocenters. The third-order valence-electron chi connectivity index (χ3n) is 5.43. The van der Waals surface area contributed by atoms with E-state index < -0.39 is 0 Å². The summed E-state index contributed by atoms with van der Waals surface area (Å²) in [5.74, 6) is 3.46. The molecule has 0 spiro atoms. The molecule has 0 bridgehead atoms. The highest BCUT2D eigenvalue weighted by Crippen LogP contribution is 2.32. The second kappa shape index (κ2) is 8.19. The van der Waals surface area contributed by atoms with Gasteiger partial charge in [-0.05, 0) is 75.1 Å². The standard InChI is InChI=1S/C22H27N3O3/c1-15-11-17-12-18(3-4-20(17)27-14-15)28-19-5-8-23-21(13-19)24-22(26)16-6-9-25(2)10-7-16/h3-5,8,12-13,15-16H,6-7,9-11,14H2,1-2H3,(H,23,24,26). The Hall–Kier alpha value is -2.60. The Bertz CT molecular complexity index is 847. The van der Waals surface area contributed by atoms with E-state index in [1.165, 1.54) is 5.56 Å². The van der Waals surface area contributed by atoms with Gasteiger partial charge < -0.3 is 19.7 Å². The third-order valence-corrected chi connectivity index (χ3v) is 5.43. The number of nitrogens with zero attached hydrogens (tertiary/aromatic N) is 2. The lowest BCUT2D eigenvalue weighted by Crippen LogP contribution is -2.36. The highest BCUT2D eigenvalue weighted by atomic mass is 16.5. The van der Waals surface area contributed by atoms with Gasteiger partial charge in [-0.2, -0.15) is 0 Å². The van der Waals surface area contributed by atoms with Gasteiger partial charge >= 0.3 is 0 Å². The van der Waals surface area contributed by atoms with Gasteiger partial charge in [-0.3, -0.25) is 4.79 Å². The molecule has 2 aromatic rings. The molecule has 1 N–H and O–H groups in total. The number of rotatable bonds is 4. The number of piperidine rings is 1. The number of amides is 1. The molecule has 1 aromatic heterocycles. The Morgan fingerprint density at radius 2 is 2.00 bits per heavy atom. The van der Waals surface area contributed by atoms with Crippen molar-refractivity contribution in [3.05, 3.63) is 42.1 Å². The second-order valence-corrected chi connectivity index (χ2v) is 7.94. The van der Waals surface area contributed by atoms with Gasteiger partial charge in [0.1, 0.15) is 23.1 Å². The highest BCUT2D eigenvalue weighted by molar-refractivity contribution is 5.91. The van der Waals surface area contributed by atoms with E-state index in [1.54, 1.807) is 18.3 Å². The lowest BCUT2D eigenvalue weighted by atomic mass is 9.96. The molecular formula is C22H27N3O3. The van der Waals surface area contributed by atoms with Crippen molar-refractivity contribution in [3.63, 3.8) is 0 Å². The van der Waals surface area contributed by atoms with Crippen molar-refractivity contribution in [1.29, 1.82) is 0 Å². The molecule has 6 nitrogen and oxygen atoms in total. The zero-order valence-electron chi connectivity index (χ0n) is 16.5. The first-order valence-electron chi connectivity index (χ1n) is 9.96. The van der Waals surface area contributed by atoms with E-state index in [1.807, 2.05) is 18.2 Å². The fourth-order valence-corrected chi connectivity index (χ4v) is 3.76. The molecule has 2 aliphatic rings. The molecule has 0 radical (unpaired) electrons. The topological polar surface area (TPSA) is 63.7 Å². The number of hydrogen-bond acceptors (Lipinski definition) is 5. The number of likely N-dealkylation sites (tertiary alicyclic amines) is 1. The molecule has 0 saturated carbocycles. The third kappa shape index (κ3) is 4.44. The van der Waals surface area contributed by atoms with E-state index in [4.69, 9.17) is 9.47 Å². The molecule has 3 heterocycles. The number of carbonyl (C=O) groups is 1. The summed E-state index contributed by atoms with van der Waals surface area (Å²) in [6, 6.07) is 9.46. The van der Waals surface area contributed by atoms with E-state index in [-0.39, 0.29) is 11.8 Å². The minimum Gasteiger partial charge on any atom is -0.493 e. The Balaban J connectivity index is 1.41. The van der Waals surface area contributed by atoms with E-state index >= 15 is 0 Å². The molecule has 6 heteroatoms. The first kappa shape index (κ1) is 18.7. The molecule has 1 aromatic carbocycles. The lowest BCUT2D eigenvalue weighted by molar-refractivity contribution is -0.121. The zero-order chi connectivity index (χ0) is 19.5. The van der Waals surface area contributed by atoms with Gasteiger partial charge in [-0.1, -0.05) is 6.92 Å². The van der Waals surface area contributed by atoms with Crippen LogP contribution in [0.1, 0.15) is 25.3 Å². The fraction of sp³-hybridized carbons (Fsp3) is 0.455. The number of fused-ring (bicyclic) bond motifs is 1. The molecule has 1 fully saturated rings. The number of carbonyl (C=O) groups excluding carboxylic acids is 1. The largest absolute Gasteiger partial charge is 0.493 e. The normalized spacial score (nSPS) is 20.1. The Morgan fingerprint density at radius 3 is 2.82 bits per heavy atom. The number of ether oxygens (including phenoxy) is 2. The summed E-state index contributed by atoms with van der Waals surface area (Å²) >= 11 is 0. The first-order valence-corrected chi connectivity index (χ1v) is 9.96. The summed E-state index contributed by atoms with van der Waals surface area (Å²) in [5.41, 5.74) is 1.17. The maximum atomic E-state index is 12.5. The first-order chi connectivity index (χ1) is 13.6. The number of benzene rings is 1. The van der Waals surface area contributed by atoms with Gasteiger partial charge in [0.25, 0.3) is 0 Å². The number of anilines is 1. The molecule has 28 heavy (non-hydrogen) atoms. The Labute approximate surface area is 165 Å². The highest BCUT2D eigenvalue weighted by Gasteiger charge is 2.23. The van der Waals surface area contributed by atoms with Gasteiger partial charge in [-0.25, -0.2) is 4.98 Å². The van der Waals surface area contributed by atoms with E-state index in [0.29, 0.717) is 17.5 Å². The predicted octanol–water partition coefficient (Wildman–Crippen LogP) is 3.73. The van der Waals surface area contributed by atoms with Gasteiger partial charge in [0.15, 0.2) is 0 Å². The van der Waals surface area contributed by atoms with Crippen LogP contribution in [0, 0.1) is 11.8 Å². The zero-order valence-corrected chi connectivity index (χ0v) is 16.5. The van der Waals surface area contributed by atoms with Crippen molar-refractivity contribution >= 4 is 11.7 Å². The van der Waals surface area contributed by atoms with Crippen molar-refractivity contribution in [3.8, 4) is 17.2 Å². The molecule has 148 valence electrons.